The number of aromatic nitrogens is 2. The van der Waals surface area contributed by atoms with Crippen LogP contribution < -0.4 is 0 Å². The van der Waals surface area contributed by atoms with Crippen LogP contribution in [0, 0.1) is 6.57 Å². The van der Waals surface area contributed by atoms with Crippen molar-refractivity contribution in [2.24, 2.45) is 0 Å². The SMILES string of the molecule is [C-]#[N+]Cc1nc2ccccc2n1C(=O)OC(C)(C)C. The van der Waals surface area contributed by atoms with Gasteiger partial charge in [-0.25, -0.2) is 20.9 Å². The number of hydrogen-bond acceptors (Lipinski definition) is 3. The second kappa shape index (κ2) is 4.73. The third-order valence-corrected chi connectivity index (χ3v) is 2.43. The Labute approximate surface area is 111 Å². The summed E-state index contributed by atoms with van der Waals surface area (Å²) in [6, 6.07) is 7.27. The van der Waals surface area contributed by atoms with Crippen LogP contribution in [0.25, 0.3) is 15.9 Å². The molecule has 1 heterocycles. The second-order valence-corrected chi connectivity index (χ2v) is 5.15. The van der Waals surface area contributed by atoms with Gasteiger partial charge in [-0.1, -0.05) is 12.1 Å². The largest absolute Gasteiger partial charge is 0.443 e. The summed E-state index contributed by atoms with van der Waals surface area (Å²) >= 11 is 0. The minimum Gasteiger partial charge on any atom is -0.443 e. The monoisotopic (exact) mass is 257 g/mol. The fourth-order valence-corrected chi connectivity index (χ4v) is 1.76. The molecule has 0 atom stereocenters. The highest BCUT2D eigenvalue weighted by atomic mass is 16.6. The first kappa shape index (κ1) is 13.1. The average Bonchev–Trinajstić information content (AvgIpc) is 2.65. The smallest absolute Gasteiger partial charge is 0.420 e. The molecule has 0 aliphatic carbocycles. The number of ether oxygens (including phenoxy) is 1. The highest BCUT2D eigenvalue weighted by molar-refractivity contribution is 5.87. The van der Waals surface area contributed by atoms with Gasteiger partial charge in [-0.05, 0) is 32.9 Å². The van der Waals surface area contributed by atoms with Crippen molar-refractivity contribution >= 4 is 17.1 Å². The van der Waals surface area contributed by atoms with Crippen molar-refractivity contribution in [3.63, 3.8) is 0 Å². The van der Waals surface area contributed by atoms with E-state index in [4.69, 9.17) is 11.3 Å². The maximum atomic E-state index is 12.2. The Kier molecular flexibility index (Phi) is 3.26. The summed E-state index contributed by atoms with van der Waals surface area (Å²) < 4.78 is 6.73. The van der Waals surface area contributed by atoms with E-state index in [1.54, 1.807) is 26.8 Å². The first-order valence-electron chi connectivity index (χ1n) is 5.95. The van der Waals surface area contributed by atoms with E-state index in [2.05, 4.69) is 9.83 Å². The van der Waals surface area contributed by atoms with Crippen molar-refractivity contribution in [1.82, 2.24) is 9.55 Å². The summed E-state index contributed by atoms with van der Waals surface area (Å²) in [6.07, 6.45) is -0.500. The first-order chi connectivity index (χ1) is 8.92. The van der Waals surface area contributed by atoms with Crippen LogP contribution in [0.1, 0.15) is 26.6 Å². The molecule has 0 unspecified atom stereocenters. The zero-order chi connectivity index (χ0) is 14.0. The van der Waals surface area contributed by atoms with Crippen molar-refractivity contribution in [3.05, 3.63) is 41.5 Å². The van der Waals surface area contributed by atoms with Crippen LogP contribution in [0.15, 0.2) is 24.3 Å². The van der Waals surface area contributed by atoms with Crippen LogP contribution in [-0.4, -0.2) is 21.2 Å². The lowest BCUT2D eigenvalue weighted by molar-refractivity contribution is 0.0539. The fraction of sp³-hybridized carbons (Fsp3) is 0.357. The van der Waals surface area contributed by atoms with Crippen molar-refractivity contribution in [2.75, 3.05) is 0 Å². The molecule has 0 amide bonds. The van der Waals surface area contributed by atoms with Crippen LogP contribution in [0.3, 0.4) is 0 Å². The van der Waals surface area contributed by atoms with E-state index in [-0.39, 0.29) is 6.54 Å². The molecule has 5 heteroatoms. The lowest BCUT2D eigenvalue weighted by Gasteiger charge is -2.19. The zero-order valence-corrected chi connectivity index (χ0v) is 11.2. The molecular weight excluding hydrogens is 242 g/mol. The highest BCUT2D eigenvalue weighted by Crippen LogP contribution is 2.19. The minimum atomic E-state index is -0.585. The maximum absolute atomic E-state index is 12.2. The van der Waals surface area contributed by atoms with E-state index in [0.29, 0.717) is 16.9 Å². The van der Waals surface area contributed by atoms with Crippen molar-refractivity contribution in [2.45, 2.75) is 32.9 Å². The van der Waals surface area contributed by atoms with Gasteiger partial charge in [0.25, 0.3) is 6.54 Å². The number of rotatable bonds is 1. The standard InChI is InChI=1S/C14H15N3O2/c1-14(2,3)19-13(18)17-11-8-6-5-7-10(11)16-12(17)9-15-4/h5-8H,9H2,1-3H3. The minimum absolute atomic E-state index is 0.0495. The number of benzene rings is 1. The van der Waals surface area contributed by atoms with Gasteiger partial charge >= 0.3 is 6.09 Å². The molecule has 1 aromatic heterocycles. The Morgan fingerprint density at radius 3 is 2.74 bits per heavy atom. The molecule has 0 aliphatic rings. The van der Waals surface area contributed by atoms with Crippen molar-refractivity contribution < 1.29 is 9.53 Å². The summed E-state index contributed by atoms with van der Waals surface area (Å²) in [5.41, 5.74) is 0.764. The summed E-state index contributed by atoms with van der Waals surface area (Å²) in [6.45, 7) is 12.4. The lowest BCUT2D eigenvalue weighted by atomic mass is 10.2. The molecule has 2 aromatic rings. The van der Waals surface area contributed by atoms with Crippen LogP contribution >= 0.6 is 0 Å². The van der Waals surface area contributed by atoms with Gasteiger partial charge in [0.1, 0.15) is 5.60 Å². The van der Waals surface area contributed by atoms with E-state index >= 15 is 0 Å². The molecule has 0 N–H and O–H groups in total. The van der Waals surface area contributed by atoms with Crippen LogP contribution in [0.2, 0.25) is 0 Å². The Hall–Kier alpha value is -2.35. The number of carbonyl (C=O) groups is 1. The third kappa shape index (κ3) is 2.74. The quantitative estimate of drug-likeness (QED) is 0.737. The van der Waals surface area contributed by atoms with E-state index in [1.165, 1.54) is 4.57 Å². The van der Waals surface area contributed by atoms with Gasteiger partial charge in [-0.3, -0.25) is 0 Å². The Morgan fingerprint density at radius 1 is 1.42 bits per heavy atom. The molecule has 5 nitrogen and oxygen atoms in total. The first-order valence-corrected chi connectivity index (χ1v) is 5.95. The van der Waals surface area contributed by atoms with Gasteiger partial charge in [0, 0.05) is 0 Å². The predicted molar refractivity (Wildman–Crippen MR) is 71.7 cm³/mol. The summed E-state index contributed by atoms with van der Waals surface area (Å²) in [4.78, 5) is 19.8. The Morgan fingerprint density at radius 2 is 2.11 bits per heavy atom. The lowest BCUT2D eigenvalue weighted by Crippen LogP contribution is -2.28. The number of fused-ring (bicyclic) bond motifs is 1. The summed E-state index contributed by atoms with van der Waals surface area (Å²) in [5, 5.41) is 0. The molecule has 98 valence electrons. The van der Waals surface area contributed by atoms with Crippen molar-refractivity contribution in [1.29, 1.82) is 0 Å². The van der Waals surface area contributed by atoms with Gasteiger partial charge in [0.05, 0.1) is 11.0 Å². The van der Waals surface area contributed by atoms with Gasteiger partial charge in [0.15, 0.2) is 5.82 Å². The number of nitrogens with zero attached hydrogens (tertiary/aromatic N) is 3. The van der Waals surface area contributed by atoms with E-state index in [0.717, 1.165) is 0 Å². The van der Waals surface area contributed by atoms with Crippen LogP contribution in [-0.2, 0) is 11.3 Å². The summed E-state index contributed by atoms with van der Waals surface area (Å²) in [7, 11) is 0. The molecule has 0 saturated heterocycles. The molecule has 0 bridgehead atoms. The fourth-order valence-electron chi connectivity index (χ4n) is 1.76. The van der Waals surface area contributed by atoms with E-state index in [1.807, 2.05) is 18.2 Å². The molecule has 1 aromatic carbocycles. The molecule has 2 rings (SSSR count). The third-order valence-electron chi connectivity index (χ3n) is 2.43. The Balaban J connectivity index is 2.53. The second-order valence-electron chi connectivity index (χ2n) is 5.15. The highest BCUT2D eigenvalue weighted by Gasteiger charge is 2.23. The maximum Gasteiger partial charge on any atom is 0.420 e. The van der Waals surface area contributed by atoms with Crippen molar-refractivity contribution in [3.8, 4) is 0 Å². The van der Waals surface area contributed by atoms with E-state index < -0.39 is 11.7 Å². The zero-order valence-electron chi connectivity index (χ0n) is 11.2. The van der Waals surface area contributed by atoms with Crippen LogP contribution in [0.5, 0.6) is 0 Å². The molecule has 0 spiro atoms. The Bertz CT molecular complexity index is 659. The van der Waals surface area contributed by atoms with Gasteiger partial charge < -0.3 is 9.58 Å². The summed E-state index contributed by atoms with van der Waals surface area (Å²) in [5.74, 6) is 0.408. The van der Waals surface area contributed by atoms with Crippen LogP contribution in [0.4, 0.5) is 4.79 Å². The normalized spacial score (nSPS) is 11.3. The average molecular weight is 257 g/mol. The molecule has 0 fully saturated rings. The number of para-hydroxylation sites is 2. The van der Waals surface area contributed by atoms with Gasteiger partial charge in [0.2, 0.25) is 0 Å². The molecule has 0 saturated carbocycles. The number of imidazole rings is 1. The molecule has 0 radical (unpaired) electrons. The van der Waals surface area contributed by atoms with E-state index in [9.17, 15) is 4.79 Å². The molecule has 19 heavy (non-hydrogen) atoms. The van der Waals surface area contributed by atoms with Gasteiger partial charge in [-0.15, -0.1) is 0 Å². The van der Waals surface area contributed by atoms with Gasteiger partial charge in [-0.2, -0.15) is 0 Å². The molecular formula is C14H15N3O2. The molecule has 0 aliphatic heterocycles. The number of carbonyl (C=O) groups excluding carboxylic acids is 1. The topological polar surface area (TPSA) is 48.5 Å². The predicted octanol–water partition coefficient (Wildman–Crippen LogP) is 3.24. The number of hydrogen-bond donors (Lipinski definition) is 0.